The zero-order chi connectivity index (χ0) is 13.0. The van der Waals surface area contributed by atoms with Crippen molar-refractivity contribution < 1.29 is 9.53 Å². The van der Waals surface area contributed by atoms with Gasteiger partial charge in [-0.05, 0) is 37.8 Å². The number of aryl methyl sites for hydroxylation is 2. The lowest BCUT2D eigenvalue weighted by atomic mass is 10.1. The van der Waals surface area contributed by atoms with Crippen LogP contribution >= 0.6 is 0 Å². The third-order valence-electron chi connectivity index (χ3n) is 3.48. The Kier molecular flexibility index (Phi) is 4.24. The van der Waals surface area contributed by atoms with Gasteiger partial charge >= 0.3 is 0 Å². The van der Waals surface area contributed by atoms with Crippen molar-refractivity contribution in [2.45, 2.75) is 45.6 Å². The second kappa shape index (κ2) is 5.89. The van der Waals surface area contributed by atoms with Crippen molar-refractivity contribution in [3.63, 3.8) is 0 Å². The summed E-state index contributed by atoms with van der Waals surface area (Å²) < 4.78 is 5.63. The molecule has 1 aromatic rings. The Hall–Kier alpha value is -1.51. The van der Waals surface area contributed by atoms with Crippen LogP contribution in [0.5, 0.6) is 5.75 Å². The van der Waals surface area contributed by atoms with Crippen LogP contribution in [0.3, 0.4) is 0 Å². The zero-order valence-corrected chi connectivity index (χ0v) is 11.2. The summed E-state index contributed by atoms with van der Waals surface area (Å²) in [5.41, 5.74) is 2.15. The molecule has 0 aliphatic heterocycles. The monoisotopic (exact) mass is 247 g/mol. The third-order valence-corrected chi connectivity index (χ3v) is 3.48. The highest BCUT2D eigenvalue weighted by Gasteiger charge is 2.17. The van der Waals surface area contributed by atoms with Crippen LogP contribution in [0, 0.1) is 13.8 Å². The molecule has 0 radical (unpaired) electrons. The summed E-state index contributed by atoms with van der Waals surface area (Å²) in [5.74, 6) is 0.823. The van der Waals surface area contributed by atoms with E-state index in [1.165, 1.54) is 12.8 Å². The lowest BCUT2D eigenvalue weighted by molar-refractivity contribution is -0.123. The first-order valence-corrected chi connectivity index (χ1v) is 6.65. The van der Waals surface area contributed by atoms with Crippen LogP contribution in [0.25, 0.3) is 0 Å². The van der Waals surface area contributed by atoms with Gasteiger partial charge in [0.05, 0.1) is 0 Å². The van der Waals surface area contributed by atoms with Gasteiger partial charge in [-0.3, -0.25) is 4.79 Å². The normalized spacial score (nSPS) is 15.7. The minimum absolute atomic E-state index is 0.00967. The molecule has 1 aromatic carbocycles. The number of hydrogen-bond acceptors (Lipinski definition) is 2. The van der Waals surface area contributed by atoms with Crippen molar-refractivity contribution in [3.8, 4) is 5.75 Å². The van der Waals surface area contributed by atoms with Crippen molar-refractivity contribution in [2.24, 2.45) is 0 Å². The fourth-order valence-corrected chi connectivity index (χ4v) is 2.50. The lowest BCUT2D eigenvalue weighted by Gasteiger charge is -2.14. The van der Waals surface area contributed by atoms with Crippen LogP contribution in [-0.4, -0.2) is 18.6 Å². The van der Waals surface area contributed by atoms with Crippen LogP contribution in [0.15, 0.2) is 18.2 Å². The van der Waals surface area contributed by atoms with Crippen LogP contribution < -0.4 is 10.1 Å². The smallest absolute Gasteiger partial charge is 0.258 e. The molecule has 0 unspecified atom stereocenters. The molecular formula is C15H21NO2. The Bertz CT molecular complexity index is 402. The molecule has 2 rings (SSSR count). The molecule has 1 N–H and O–H groups in total. The average Bonchev–Trinajstić information content (AvgIpc) is 2.81. The number of rotatable bonds is 4. The van der Waals surface area contributed by atoms with Gasteiger partial charge in [0, 0.05) is 6.04 Å². The number of para-hydroxylation sites is 1. The second-order valence-corrected chi connectivity index (χ2v) is 5.06. The summed E-state index contributed by atoms with van der Waals surface area (Å²) >= 11 is 0. The molecule has 1 amide bonds. The molecule has 0 heterocycles. The maximum absolute atomic E-state index is 11.8. The highest BCUT2D eigenvalue weighted by atomic mass is 16.5. The lowest BCUT2D eigenvalue weighted by Crippen LogP contribution is -2.36. The predicted molar refractivity (Wildman–Crippen MR) is 71.8 cm³/mol. The van der Waals surface area contributed by atoms with E-state index in [0.717, 1.165) is 29.7 Å². The minimum Gasteiger partial charge on any atom is -0.483 e. The molecule has 0 spiro atoms. The SMILES string of the molecule is Cc1cccc(C)c1OCC(=O)NC1CCCC1. The number of nitrogens with one attached hydrogen (secondary N) is 1. The topological polar surface area (TPSA) is 38.3 Å². The Morgan fingerprint density at radius 2 is 1.89 bits per heavy atom. The van der Waals surface area contributed by atoms with E-state index >= 15 is 0 Å². The van der Waals surface area contributed by atoms with Crippen molar-refractivity contribution in [3.05, 3.63) is 29.3 Å². The van der Waals surface area contributed by atoms with E-state index in [1.807, 2.05) is 32.0 Å². The maximum Gasteiger partial charge on any atom is 0.258 e. The van der Waals surface area contributed by atoms with Gasteiger partial charge in [0.15, 0.2) is 6.61 Å². The number of amides is 1. The molecule has 1 aliphatic carbocycles. The molecule has 0 atom stereocenters. The third kappa shape index (κ3) is 3.25. The van der Waals surface area contributed by atoms with Crippen molar-refractivity contribution >= 4 is 5.91 Å². The van der Waals surface area contributed by atoms with Crippen LogP contribution in [0.4, 0.5) is 0 Å². The number of hydrogen-bond donors (Lipinski definition) is 1. The molecule has 18 heavy (non-hydrogen) atoms. The Morgan fingerprint density at radius 1 is 1.28 bits per heavy atom. The number of carbonyl (C=O) groups is 1. The molecule has 3 nitrogen and oxygen atoms in total. The number of benzene rings is 1. The molecular weight excluding hydrogens is 226 g/mol. The molecule has 0 aromatic heterocycles. The quantitative estimate of drug-likeness (QED) is 0.888. The fourth-order valence-electron chi connectivity index (χ4n) is 2.50. The first-order valence-electron chi connectivity index (χ1n) is 6.65. The molecule has 1 saturated carbocycles. The van der Waals surface area contributed by atoms with E-state index < -0.39 is 0 Å². The van der Waals surface area contributed by atoms with Crippen molar-refractivity contribution in [1.82, 2.24) is 5.32 Å². The maximum atomic E-state index is 11.8. The highest BCUT2D eigenvalue weighted by Crippen LogP contribution is 2.22. The summed E-state index contributed by atoms with van der Waals surface area (Å²) in [4.78, 5) is 11.8. The Balaban J connectivity index is 1.85. The van der Waals surface area contributed by atoms with Gasteiger partial charge in [-0.25, -0.2) is 0 Å². The van der Waals surface area contributed by atoms with Gasteiger partial charge in [0.1, 0.15) is 5.75 Å². The van der Waals surface area contributed by atoms with Gasteiger partial charge in [-0.2, -0.15) is 0 Å². The molecule has 0 saturated heterocycles. The first-order chi connectivity index (χ1) is 8.66. The van der Waals surface area contributed by atoms with E-state index in [9.17, 15) is 4.79 Å². The van der Waals surface area contributed by atoms with Gasteiger partial charge in [0.2, 0.25) is 0 Å². The average molecular weight is 247 g/mol. The van der Waals surface area contributed by atoms with E-state index in [1.54, 1.807) is 0 Å². The van der Waals surface area contributed by atoms with Crippen molar-refractivity contribution in [2.75, 3.05) is 6.61 Å². The first kappa shape index (κ1) is 12.9. The number of carbonyl (C=O) groups excluding carboxylic acids is 1. The van der Waals surface area contributed by atoms with Crippen LogP contribution in [0.1, 0.15) is 36.8 Å². The van der Waals surface area contributed by atoms with Gasteiger partial charge in [-0.15, -0.1) is 0 Å². The Labute approximate surface area is 109 Å². The standard InChI is InChI=1S/C15H21NO2/c1-11-6-5-7-12(2)15(11)18-10-14(17)16-13-8-3-4-9-13/h5-7,13H,3-4,8-10H2,1-2H3,(H,16,17). The van der Waals surface area contributed by atoms with Crippen molar-refractivity contribution in [1.29, 1.82) is 0 Å². The second-order valence-electron chi connectivity index (χ2n) is 5.06. The fraction of sp³-hybridized carbons (Fsp3) is 0.533. The predicted octanol–water partition coefficient (Wildman–Crippen LogP) is 2.74. The van der Waals surface area contributed by atoms with Gasteiger partial charge in [-0.1, -0.05) is 31.0 Å². The summed E-state index contributed by atoms with van der Waals surface area (Å²) in [6, 6.07) is 6.35. The molecule has 3 heteroatoms. The van der Waals surface area contributed by atoms with E-state index in [2.05, 4.69) is 5.32 Å². The molecule has 1 fully saturated rings. The summed E-state index contributed by atoms with van der Waals surface area (Å²) in [6.45, 7) is 4.11. The zero-order valence-electron chi connectivity index (χ0n) is 11.2. The molecule has 98 valence electrons. The van der Waals surface area contributed by atoms with Crippen LogP contribution in [-0.2, 0) is 4.79 Å². The summed E-state index contributed by atoms with van der Waals surface area (Å²) in [6.07, 6.45) is 4.66. The Morgan fingerprint density at radius 3 is 2.50 bits per heavy atom. The van der Waals surface area contributed by atoms with E-state index in [0.29, 0.717) is 6.04 Å². The summed E-state index contributed by atoms with van der Waals surface area (Å²) in [5, 5.41) is 3.02. The van der Waals surface area contributed by atoms with E-state index in [-0.39, 0.29) is 12.5 Å². The summed E-state index contributed by atoms with van der Waals surface area (Å²) in [7, 11) is 0. The van der Waals surface area contributed by atoms with Gasteiger partial charge < -0.3 is 10.1 Å². The van der Waals surface area contributed by atoms with Crippen LogP contribution in [0.2, 0.25) is 0 Å². The van der Waals surface area contributed by atoms with E-state index in [4.69, 9.17) is 4.74 Å². The highest BCUT2D eigenvalue weighted by molar-refractivity contribution is 5.78. The molecule has 1 aliphatic rings. The largest absolute Gasteiger partial charge is 0.483 e. The molecule has 0 bridgehead atoms. The number of ether oxygens (including phenoxy) is 1. The van der Waals surface area contributed by atoms with Gasteiger partial charge in [0.25, 0.3) is 5.91 Å². The minimum atomic E-state index is -0.00967.